The molecule has 1 amide bonds. The molecule has 7 heteroatoms. The summed E-state index contributed by atoms with van der Waals surface area (Å²) < 4.78 is 20.9. The van der Waals surface area contributed by atoms with E-state index in [9.17, 15) is 9.18 Å². The number of carbonyl (C=O) groups is 1. The number of amides is 1. The van der Waals surface area contributed by atoms with Gasteiger partial charge in [0.25, 0.3) is 5.91 Å². The predicted octanol–water partition coefficient (Wildman–Crippen LogP) is 5.36. The maximum atomic E-state index is 14.0. The summed E-state index contributed by atoms with van der Waals surface area (Å²) >= 11 is 2.22. The number of nitrogens with one attached hydrogen (secondary N) is 1. The Labute approximate surface area is 173 Å². The summed E-state index contributed by atoms with van der Waals surface area (Å²) in [4.78, 5) is 16.8. The maximum absolute atomic E-state index is 14.0. The lowest BCUT2D eigenvalue weighted by atomic mass is 10.1. The van der Waals surface area contributed by atoms with Gasteiger partial charge in [-0.1, -0.05) is 6.07 Å². The summed E-state index contributed by atoms with van der Waals surface area (Å²) in [6.07, 6.45) is 0. The monoisotopic (exact) mass is 483 g/mol. The first kappa shape index (κ1) is 18.1. The molecule has 4 rings (SSSR count). The Morgan fingerprint density at radius 3 is 2.75 bits per heavy atom. The highest BCUT2D eigenvalue weighted by atomic mass is 127. The largest absolute Gasteiger partial charge is 0.436 e. The number of aromatic nitrogens is 1. The fourth-order valence-electron chi connectivity index (χ4n) is 2.72. The molecule has 0 aliphatic heterocycles. The van der Waals surface area contributed by atoms with Crippen molar-refractivity contribution >= 4 is 45.3 Å². The number of anilines is 1. The van der Waals surface area contributed by atoms with Crippen molar-refractivity contribution in [1.29, 1.82) is 5.26 Å². The number of fused-ring (bicyclic) bond motifs is 1. The second kappa shape index (κ2) is 7.40. The van der Waals surface area contributed by atoms with Gasteiger partial charge in [-0.05, 0) is 77.2 Å². The molecule has 0 saturated carbocycles. The Morgan fingerprint density at radius 1 is 1.14 bits per heavy atom. The summed E-state index contributed by atoms with van der Waals surface area (Å²) in [5.74, 6) is -0.877. The minimum absolute atomic E-state index is 0.140. The van der Waals surface area contributed by atoms with E-state index < -0.39 is 11.7 Å². The lowest BCUT2D eigenvalue weighted by Gasteiger charge is -2.06. The van der Waals surface area contributed by atoms with Crippen LogP contribution in [0.5, 0.6) is 0 Å². The van der Waals surface area contributed by atoms with Crippen LogP contribution in [-0.2, 0) is 0 Å². The van der Waals surface area contributed by atoms with Crippen LogP contribution in [0.4, 0.5) is 10.1 Å². The van der Waals surface area contributed by atoms with Gasteiger partial charge in [0.15, 0.2) is 5.58 Å². The average molecular weight is 483 g/mol. The minimum atomic E-state index is -0.750. The van der Waals surface area contributed by atoms with Crippen molar-refractivity contribution < 1.29 is 13.6 Å². The second-order valence-electron chi connectivity index (χ2n) is 5.97. The molecule has 4 aromatic rings. The van der Waals surface area contributed by atoms with E-state index in [1.54, 1.807) is 18.2 Å². The third-order valence-corrected chi connectivity index (χ3v) is 4.73. The number of nitrogens with zero attached hydrogens (tertiary/aromatic N) is 2. The zero-order valence-electron chi connectivity index (χ0n) is 14.2. The van der Waals surface area contributed by atoms with Crippen LogP contribution in [0.3, 0.4) is 0 Å². The van der Waals surface area contributed by atoms with Crippen molar-refractivity contribution in [2.45, 2.75) is 0 Å². The smallest absolute Gasteiger partial charge is 0.258 e. The Kier molecular flexibility index (Phi) is 4.79. The molecule has 0 unspecified atom stereocenters. The molecule has 0 bridgehead atoms. The first-order chi connectivity index (χ1) is 13.5. The van der Waals surface area contributed by atoms with Gasteiger partial charge in [-0.25, -0.2) is 9.37 Å². The number of nitriles is 1. The number of hydrogen-bond acceptors (Lipinski definition) is 4. The Hall–Kier alpha value is -3.25. The molecule has 0 aliphatic carbocycles. The number of oxazole rings is 1. The summed E-state index contributed by atoms with van der Waals surface area (Å²) in [6, 6.07) is 18.3. The molecule has 0 radical (unpaired) electrons. The topological polar surface area (TPSA) is 78.9 Å². The van der Waals surface area contributed by atoms with Crippen LogP contribution < -0.4 is 5.32 Å². The fourth-order valence-corrected chi connectivity index (χ4v) is 3.26. The molecular weight excluding hydrogens is 472 g/mol. The molecule has 0 saturated heterocycles. The normalized spacial score (nSPS) is 10.6. The van der Waals surface area contributed by atoms with Crippen molar-refractivity contribution in [3.63, 3.8) is 0 Å². The lowest BCUT2D eigenvalue weighted by Crippen LogP contribution is -2.13. The highest BCUT2D eigenvalue weighted by molar-refractivity contribution is 14.1. The summed E-state index contributed by atoms with van der Waals surface area (Å²) in [5.41, 5.74) is 2.49. The number of halogens is 2. The Bertz CT molecular complexity index is 1260. The van der Waals surface area contributed by atoms with E-state index in [0.717, 1.165) is 15.2 Å². The molecular formula is C21H11FIN3O2. The molecule has 3 aromatic carbocycles. The standard InChI is InChI=1S/C21H11FIN3O2/c22-17-8-12(11-24)4-6-16(17)20(27)25-15-5-7-19-18(10-15)26-21(28-19)13-2-1-3-14(23)9-13/h1-10H,(H,25,27). The first-order valence-corrected chi connectivity index (χ1v) is 9.29. The van der Waals surface area contributed by atoms with E-state index >= 15 is 0 Å². The van der Waals surface area contributed by atoms with Crippen LogP contribution in [0.1, 0.15) is 15.9 Å². The number of benzene rings is 3. The fraction of sp³-hybridized carbons (Fsp3) is 0. The van der Waals surface area contributed by atoms with E-state index in [0.29, 0.717) is 22.7 Å². The first-order valence-electron chi connectivity index (χ1n) is 8.21. The van der Waals surface area contributed by atoms with E-state index in [2.05, 4.69) is 32.9 Å². The van der Waals surface area contributed by atoms with Crippen LogP contribution in [0.15, 0.2) is 65.1 Å². The molecule has 5 nitrogen and oxygen atoms in total. The van der Waals surface area contributed by atoms with Gasteiger partial charge in [-0.15, -0.1) is 0 Å². The molecule has 28 heavy (non-hydrogen) atoms. The van der Waals surface area contributed by atoms with Gasteiger partial charge in [0.2, 0.25) is 5.89 Å². The Balaban J connectivity index is 1.61. The average Bonchev–Trinajstić information content (AvgIpc) is 3.11. The van der Waals surface area contributed by atoms with Crippen LogP contribution >= 0.6 is 22.6 Å². The van der Waals surface area contributed by atoms with Crippen molar-refractivity contribution in [1.82, 2.24) is 4.98 Å². The van der Waals surface area contributed by atoms with E-state index in [-0.39, 0.29) is 11.1 Å². The van der Waals surface area contributed by atoms with Gasteiger partial charge < -0.3 is 9.73 Å². The summed E-state index contributed by atoms with van der Waals surface area (Å²) in [6.45, 7) is 0. The molecule has 0 spiro atoms. The molecule has 0 aliphatic rings. The van der Waals surface area contributed by atoms with Crippen molar-refractivity contribution in [2.24, 2.45) is 0 Å². The Morgan fingerprint density at radius 2 is 2.00 bits per heavy atom. The van der Waals surface area contributed by atoms with Gasteiger partial charge in [0, 0.05) is 14.8 Å². The number of carbonyl (C=O) groups excluding carboxylic acids is 1. The van der Waals surface area contributed by atoms with Gasteiger partial charge in [-0.3, -0.25) is 4.79 Å². The van der Waals surface area contributed by atoms with Crippen LogP contribution in [-0.4, -0.2) is 10.9 Å². The third-order valence-electron chi connectivity index (χ3n) is 4.06. The van der Waals surface area contributed by atoms with Gasteiger partial charge in [0.05, 0.1) is 17.2 Å². The number of rotatable bonds is 3. The third kappa shape index (κ3) is 3.59. The quantitative estimate of drug-likeness (QED) is 0.398. The zero-order chi connectivity index (χ0) is 19.7. The van der Waals surface area contributed by atoms with Crippen LogP contribution in [0.25, 0.3) is 22.6 Å². The lowest BCUT2D eigenvalue weighted by molar-refractivity contribution is 0.102. The van der Waals surface area contributed by atoms with Crippen LogP contribution in [0, 0.1) is 20.7 Å². The molecule has 1 N–H and O–H groups in total. The van der Waals surface area contributed by atoms with Gasteiger partial charge in [-0.2, -0.15) is 5.26 Å². The van der Waals surface area contributed by atoms with Gasteiger partial charge >= 0.3 is 0 Å². The van der Waals surface area contributed by atoms with Crippen molar-refractivity contribution in [2.75, 3.05) is 5.32 Å². The highest BCUT2D eigenvalue weighted by Gasteiger charge is 2.14. The highest BCUT2D eigenvalue weighted by Crippen LogP contribution is 2.27. The SMILES string of the molecule is N#Cc1ccc(C(=O)Nc2ccc3oc(-c4cccc(I)c4)nc3c2)c(F)c1. The number of hydrogen-bond donors (Lipinski definition) is 1. The maximum Gasteiger partial charge on any atom is 0.258 e. The predicted molar refractivity (Wildman–Crippen MR) is 111 cm³/mol. The van der Waals surface area contributed by atoms with Crippen molar-refractivity contribution in [3.05, 3.63) is 81.2 Å². The van der Waals surface area contributed by atoms with Crippen LogP contribution in [0.2, 0.25) is 0 Å². The van der Waals surface area contributed by atoms with E-state index in [1.807, 2.05) is 30.3 Å². The summed E-state index contributed by atoms with van der Waals surface area (Å²) in [7, 11) is 0. The molecule has 136 valence electrons. The minimum Gasteiger partial charge on any atom is -0.436 e. The molecule has 0 atom stereocenters. The molecule has 1 aromatic heterocycles. The molecule has 0 fully saturated rings. The zero-order valence-corrected chi connectivity index (χ0v) is 16.4. The molecule has 1 heterocycles. The van der Waals surface area contributed by atoms with Gasteiger partial charge in [0.1, 0.15) is 11.3 Å². The summed E-state index contributed by atoms with van der Waals surface area (Å²) in [5, 5.41) is 11.4. The van der Waals surface area contributed by atoms with Crippen molar-refractivity contribution in [3.8, 4) is 17.5 Å². The van der Waals surface area contributed by atoms with E-state index in [1.165, 1.54) is 12.1 Å². The van der Waals surface area contributed by atoms with E-state index in [4.69, 9.17) is 9.68 Å². The second-order valence-corrected chi connectivity index (χ2v) is 7.22.